The monoisotopic (exact) mass is 370 g/mol. The molecule has 138 valence electrons. The number of carboxylic acid groups (broad SMARTS) is 1. The first-order valence-electron chi connectivity index (χ1n) is 9.48. The highest BCUT2D eigenvalue weighted by Crippen LogP contribution is 2.49. The predicted octanol–water partition coefficient (Wildman–Crippen LogP) is 4.62. The zero-order chi connectivity index (χ0) is 18.3. The fourth-order valence-corrected chi connectivity index (χ4v) is 5.43. The van der Waals surface area contributed by atoms with Crippen molar-refractivity contribution in [2.75, 3.05) is 13.1 Å². The zero-order valence-corrected chi connectivity index (χ0v) is 16.3. The molecule has 1 saturated carbocycles. The summed E-state index contributed by atoms with van der Waals surface area (Å²) in [5, 5.41) is 12.9. The summed E-state index contributed by atoms with van der Waals surface area (Å²) < 4.78 is 0. The van der Waals surface area contributed by atoms with Gasteiger partial charge < -0.3 is 5.11 Å². The summed E-state index contributed by atoms with van der Waals surface area (Å²) in [5.41, 5.74) is 3.04. The number of aromatic nitrogens is 1. The van der Waals surface area contributed by atoms with Gasteiger partial charge in [-0.25, -0.2) is 4.98 Å². The second kappa shape index (κ2) is 6.78. The van der Waals surface area contributed by atoms with Crippen molar-refractivity contribution >= 4 is 17.3 Å². The van der Waals surface area contributed by atoms with Crippen molar-refractivity contribution in [2.45, 2.75) is 45.6 Å². The Morgan fingerprint density at radius 2 is 2.15 bits per heavy atom. The van der Waals surface area contributed by atoms with Gasteiger partial charge in [0.2, 0.25) is 0 Å². The molecule has 1 aromatic heterocycles. The SMILES string of the molecule is CC(C)c1ccc(-c2nc(CN3C[C@@H]4CCC[C@@]4(C(=O)O)C3)cs2)cc1. The number of hydrogen-bond donors (Lipinski definition) is 1. The smallest absolute Gasteiger partial charge is 0.311 e. The quantitative estimate of drug-likeness (QED) is 0.834. The fraction of sp³-hybridized carbons (Fsp3) is 0.524. The van der Waals surface area contributed by atoms with E-state index in [2.05, 4.69) is 48.4 Å². The second-order valence-electron chi connectivity index (χ2n) is 8.14. The fourth-order valence-electron chi connectivity index (χ4n) is 4.62. The Balaban J connectivity index is 1.45. The van der Waals surface area contributed by atoms with Gasteiger partial charge in [0.15, 0.2) is 0 Å². The van der Waals surface area contributed by atoms with E-state index in [9.17, 15) is 9.90 Å². The summed E-state index contributed by atoms with van der Waals surface area (Å²) in [5.74, 6) is 0.237. The van der Waals surface area contributed by atoms with Gasteiger partial charge in [-0.2, -0.15) is 0 Å². The van der Waals surface area contributed by atoms with E-state index in [1.165, 1.54) is 5.56 Å². The molecule has 0 spiro atoms. The van der Waals surface area contributed by atoms with E-state index in [0.717, 1.165) is 48.6 Å². The average molecular weight is 371 g/mol. The third kappa shape index (κ3) is 3.08. The lowest BCUT2D eigenvalue weighted by atomic mass is 9.81. The molecule has 2 fully saturated rings. The molecule has 1 aliphatic heterocycles. The van der Waals surface area contributed by atoms with Crippen LogP contribution in [0.5, 0.6) is 0 Å². The minimum atomic E-state index is -0.605. The van der Waals surface area contributed by atoms with Crippen LogP contribution in [0.1, 0.15) is 50.3 Å². The van der Waals surface area contributed by atoms with Crippen LogP contribution >= 0.6 is 11.3 Å². The summed E-state index contributed by atoms with van der Waals surface area (Å²) in [6.45, 7) is 6.72. The van der Waals surface area contributed by atoms with E-state index in [0.29, 0.717) is 18.4 Å². The summed E-state index contributed by atoms with van der Waals surface area (Å²) in [6, 6.07) is 8.66. The Hall–Kier alpha value is -1.72. The highest BCUT2D eigenvalue weighted by Gasteiger charge is 2.54. The van der Waals surface area contributed by atoms with Crippen molar-refractivity contribution in [3.05, 3.63) is 40.9 Å². The minimum absolute atomic E-state index is 0.307. The predicted molar refractivity (Wildman–Crippen MR) is 104 cm³/mol. The third-order valence-electron chi connectivity index (χ3n) is 6.13. The number of hydrogen-bond acceptors (Lipinski definition) is 4. The van der Waals surface area contributed by atoms with E-state index in [-0.39, 0.29) is 0 Å². The van der Waals surface area contributed by atoms with Crippen molar-refractivity contribution < 1.29 is 9.90 Å². The molecule has 0 amide bonds. The van der Waals surface area contributed by atoms with Gasteiger partial charge >= 0.3 is 5.97 Å². The second-order valence-corrected chi connectivity index (χ2v) is 9.00. The number of carbonyl (C=O) groups is 1. The first-order valence-corrected chi connectivity index (χ1v) is 10.4. The summed E-state index contributed by atoms with van der Waals surface area (Å²) in [4.78, 5) is 18.9. The van der Waals surface area contributed by atoms with Gasteiger partial charge in [0.05, 0.1) is 11.1 Å². The van der Waals surface area contributed by atoms with Crippen LogP contribution in [0, 0.1) is 11.3 Å². The van der Waals surface area contributed by atoms with Crippen molar-refractivity contribution in [1.29, 1.82) is 0 Å². The van der Waals surface area contributed by atoms with E-state index in [1.807, 2.05) is 0 Å². The molecule has 1 saturated heterocycles. The maximum absolute atomic E-state index is 11.8. The Morgan fingerprint density at radius 1 is 1.38 bits per heavy atom. The maximum Gasteiger partial charge on any atom is 0.311 e. The molecular formula is C21H26N2O2S. The Kier molecular flexibility index (Phi) is 4.61. The normalized spacial score (nSPS) is 25.7. The van der Waals surface area contributed by atoms with Gasteiger partial charge in [0.1, 0.15) is 5.01 Å². The lowest BCUT2D eigenvalue weighted by Gasteiger charge is -2.23. The molecular weight excluding hydrogens is 344 g/mol. The molecule has 26 heavy (non-hydrogen) atoms. The van der Waals surface area contributed by atoms with Crippen LogP contribution in [-0.4, -0.2) is 34.0 Å². The molecule has 0 radical (unpaired) electrons. The highest BCUT2D eigenvalue weighted by atomic mass is 32.1. The van der Waals surface area contributed by atoms with E-state index in [1.54, 1.807) is 11.3 Å². The number of thiazole rings is 1. The first-order chi connectivity index (χ1) is 12.5. The van der Waals surface area contributed by atoms with Crippen LogP contribution in [0.3, 0.4) is 0 Å². The maximum atomic E-state index is 11.8. The topological polar surface area (TPSA) is 53.4 Å². The van der Waals surface area contributed by atoms with Crippen LogP contribution in [0.15, 0.2) is 29.6 Å². The molecule has 1 aliphatic carbocycles. The van der Waals surface area contributed by atoms with Gasteiger partial charge in [-0.3, -0.25) is 9.69 Å². The Bertz CT molecular complexity index is 799. The Morgan fingerprint density at radius 3 is 2.81 bits per heavy atom. The largest absolute Gasteiger partial charge is 0.481 e. The summed E-state index contributed by atoms with van der Waals surface area (Å²) >= 11 is 1.67. The van der Waals surface area contributed by atoms with Crippen LogP contribution in [0.4, 0.5) is 0 Å². The van der Waals surface area contributed by atoms with Crippen molar-refractivity contribution in [2.24, 2.45) is 11.3 Å². The molecule has 0 unspecified atom stereocenters. The van der Waals surface area contributed by atoms with Gasteiger partial charge in [0.25, 0.3) is 0 Å². The molecule has 2 aliphatic rings. The third-order valence-corrected chi connectivity index (χ3v) is 7.07. The van der Waals surface area contributed by atoms with Gasteiger partial charge in [-0.05, 0) is 30.2 Å². The number of fused-ring (bicyclic) bond motifs is 1. The first kappa shape index (κ1) is 17.7. The van der Waals surface area contributed by atoms with Gasteiger partial charge in [0, 0.05) is 30.6 Å². The van der Waals surface area contributed by atoms with E-state index in [4.69, 9.17) is 4.98 Å². The van der Waals surface area contributed by atoms with Gasteiger partial charge in [-0.1, -0.05) is 44.5 Å². The number of carboxylic acids is 1. The average Bonchev–Trinajstić information content (AvgIpc) is 3.29. The standard InChI is InChI=1S/C21H26N2O2S/c1-14(2)15-5-7-16(8-6-15)19-22-18(12-26-19)11-23-10-17-4-3-9-21(17,13-23)20(24)25/h5-8,12,14,17H,3-4,9-11,13H2,1-2H3,(H,24,25)/t17-,21+/m0/s1. The van der Waals surface area contributed by atoms with Crippen molar-refractivity contribution in [1.82, 2.24) is 9.88 Å². The lowest BCUT2D eigenvalue weighted by molar-refractivity contribution is -0.149. The molecule has 1 aromatic carbocycles. The van der Waals surface area contributed by atoms with Gasteiger partial charge in [-0.15, -0.1) is 11.3 Å². The van der Waals surface area contributed by atoms with E-state index >= 15 is 0 Å². The number of rotatable bonds is 5. The summed E-state index contributed by atoms with van der Waals surface area (Å²) in [6.07, 6.45) is 2.93. The molecule has 5 heteroatoms. The van der Waals surface area contributed by atoms with Crippen molar-refractivity contribution in [3.63, 3.8) is 0 Å². The molecule has 4 nitrogen and oxygen atoms in total. The highest BCUT2D eigenvalue weighted by molar-refractivity contribution is 7.13. The molecule has 1 N–H and O–H groups in total. The minimum Gasteiger partial charge on any atom is -0.481 e. The Labute approximate surface area is 158 Å². The molecule has 0 bridgehead atoms. The number of nitrogens with zero attached hydrogens (tertiary/aromatic N) is 2. The number of likely N-dealkylation sites (tertiary alicyclic amines) is 1. The molecule has 4 rings (SSSR count). The number of aliphatic carboxylic acids is 1. The molecule has 2 heterocycles. The van der Waals surface area contributed by atoms with E-state index < -0.39 is 11.4 Å². The van der Waals surface area contributed by atoms with Crippen LogP contribution in [-0.2, 0) is 11.3 Å². The molecule has 2 aromatic rings. The van der Waals surface area contributed by atoms with Crippen LogP contribution in [0.2, 0.25) is 0 Å². The number of benzene rings is 1. The summed E-state index contributed by atoms with van der Waals surface area (Å²) in [7, 11) is 0. The van der Waals surface area contributed by atoms with Crippen molar-refractivity contribution in [3.8, 4) is 10.6 Å². The van der Waals surface area contributed by atoms with Crippen LogP contribution in [0.25, 0.3) is 10.6 Å². The van der Waals surface area contributed by atoms with Crippen LogP contribution < -0.4 is 0 Å². The lowest BCUT2D eigenvalue weighted by Crippen LogP contribution is -2.35. The molecule has 2 atom stereocenters. The zero-order valence-electron chi connectivity index (χ0n) is 15.4.